The van der Waals surface area contributed by atoms with Gasteiger partial charge < -0.3 is 10.1 Å². The van der Waals surface area contributed by atoms with Crippen molar-refractivity contribution in [2.45, 2.75) is 26.3 Å². The van der Waals surface area contributed by atoms with Crippen LogP contribution >= 0.6 is 0 Å². The van der Waals surface area contributed by atoms with Gasteiger partial charge in [0.25, 0.3) is 0 Å². The second-order valence-corrected chi connectivity index (χ2v) is 5.05. The predicted octanol–water partition coefficient (Wildman–Crippen LogP) is 4.16. The topological polar surface area (TPSA) is 21.3 Å². The Balaban J connectivity index is 2.61. The first-order chi connectivity index (χ1) is 9.22. The highest BCUT2D eigenvalue weighted by atomic mass is 16.5. The van der Waals surface area contributed by atoms with Crippen LogP contribution in [0.5, 0.6) is 5.75 Å². The first kappa shape index (κ1) is 13.9. The number of methoxy groups -OCH3 is 1. The number of benzene rings is 2. The van der Waals surface area contributed by atoms with E-state index in [0.29, 0.717) is 12.0 Å². The van der Waals surface area contributed by atoms with Gasteiger partial charge in [0, 0.05) is 11.4 Å². The van der Waals surface area contributed by atoms with Gasteiger partial charge in [-0.2, -0.15) is 0 Å². The Labute approximate surface area is 115 Å². The van der Waals surface area contributed by atoms with Crippen molar-refractivity contribution < 1.29 is 4.74 Å². The van der Waals surface area contributed by atoms with Crippen LogP contribution in [-0.4, -0.2) is 14.2 Å². The molecule has 2 heteroatoms. The fourth-order valence-electron chi connectivity index (χ4n) is 2.73. The van der Waals surface area contributed by atoms with E-state index in [4.69, 9.17) is 4.74 Å². The van der Waals surface area contributed by atoms with E-state index in [-0.39, 0.29) is 0 Å². The lowest BCUT2D eigenvalue weighted by molar-refractivity contribution is 0.401. The smallest absolute Gasteiger partial charge is 0.126 e. The van der Waals surface area contributed by atoms with Gasteiger partial charge >= 0.3 is 0 Å². The number of rotatable bonds is 5. The van der Waals surface area contributed by atoms with E-state index in [1.54, 1.807) is 7.11 Å². The largest absolute Gasteiger partial charge is 0.496 e. The van der Waals surface area contributed by atoms with E-state index < -0.39 is 0 Å². The average Bonchev–Trinajstić information content (AvgIpc) is 2.47. The summed E-state index contributed by atoms with van der Waals surface area (Å²) in [4.78, 5) is 0. The van der Waals surface area contributed by atoms with Gasteiger partial charge in [0.1, 0.15) is 5.75 Å². The lowest BCUT2D eigenvalue weighted by Gasteiger charge is -2.25. The molecule has 0 bridgehead atoms. The van der Waals surface area contributed by atoms with Gasteiger partial charge in [-0.1, -0.05) is 50.6 Å². The number of fused-ring (bicyclic) bond motifs is 1. The van der Waals surface area contributed by atoms with Crippen LogP contribution in [0, 0.1) is 5.92 Å². The molecule has 2 atom stereocenters. The zero-order valence-corrected chi connectivity index (χ0v) is 12.2. The minimum absolute atomic E-state index is 0.376. The van der Waals surface area contributed by atoms with Crippen molar-refractivity contribution >= 4 is 10.8 Å². The van der Waals surface area contributed by atoms with Crippen molar-refractivity contribution in [1.29, 1.82) is 0 Å². The van der Waals surface area contributed by atoms with Crippen LogP contribution in [0.3, 0.4) is 0 Å². The molecule has 2 aromatic rings. The Kier molecular flexibility index (Phi) is 4.43. The molecule has 0 aliphatic rings. The van der Waals surface area contributed by atoms with Gasteiger partial charge in [-0.15, -0.1) is 0 Å². The van der Waals surface area contributed by atoms with Crippen molar-refractivity contribution in [2.24, 2.45) is 5.92 Å². The third-order valence-corrected chi connectivity index (χ3v) is 4.00. The maximum Gasteiger partial charge on any atom is 0.126 e. The van der Waals surface area contributed by atoms with Gasteiger partial charge in [0.15, 0.2) is 0 Å². The lowest BCUT2D eigenvalue weighted by atomic mass is 9.89. The molecule has 0 aliphatic heterocycles. The van der Waals surface area contributed by atoms with E-state index in [9.17, 15) is 0 Å². The number of hydrogen-bond donors (Lipinski definition) is 1. The maximum absolute atomic E-state index is 5.46. The summed E-state index contributed by atoms with van der Waals surface area (Å²) in [5, 5.41) is 5.92. The second-order valence-electron chi connectivity index (χ2n) is 5.05. The third kappa shape index (κ3) is 2.59. The van der Waals surface area contributed by atoms with Gasteiger partial charge in [0.05, 0.1) is 7.11 Å². The van der Waals surface area contributed by atoms with Gasteiger partial charge in [0.2, 0.25) is 0 Å². The van der Waals surface area contributed by atoms with Crippen molar-refractivity contribution in [3.63, 3.8) is 0 Å². The van der Waals surface area contributed by atoms with Crippen LogP contribution < -0.4 is 10.1 Å². The first-order valence-electron chi connectivity index (χ1n) is 6.95. The molecule has 0 radical (unpaired) electrons. The van der Waals surface area contributed by atoms with Crippen LogP contribution in [0.4, 0.5) is 0 Å². The molecule has 19 heavy (non-hydrogen) atoms. The van der Waals surface area contributed by atoms with E-state index in [1.807, 2.05) is 7.05 Å². The summed E-state index contributed by atoms with van der Waals surface area (Å²) in [6, 6.07) is 13.1. The van der Waals surface area contributed by atoms with Gasteiger partial charge in [-0.05, 0) is 30.0 Å². The Bertz CT molecular complexity index is 550. The molecule has 1 N–H and O–H groups in total. The highest BCUT2D eigenvalue weighted by Gasteiger charge is 2.19. The molecule has 2 rings (SSSR count). The molecule has 0 spiro atoms. The van der Waals surface area contributed by atoms with Crippen LogP contribution in [0.25, 0.3) is 10.8 Å². The predicted molar refractivity (Wildman–Crippen MR) is 81.8 cm³/mol. The Morgan fingerprint density at radius 1 is 1.11 bits per heavy atom. The highest BCUT2D eigenvalue weighted by molar-refractivity contribution is 5.91. The molecule has 0 saturated heterocycles. The first-order valence-corrected chi connectivity index (χ1v) is 6.95. The number of nitrogens with one attached hydrogen (secondary N) is 1. The van der Waals surface area contributed by atoms with Crippen LogP contribution in [0.1, 0.15) is 31.9 Å². The molecule has 0 heterocycles. The van der Waals surface area contributed by atoms with Crippen molar-refractivity contribution in [3.05, 3.63) is 42.0 Å². The van der Waals surface area contributed by atoms with E-state index in [2.05, 4.69) is 55.6 Å². The Hall–Kier alpha value is -1.54. The van der Waals surface area contributed by atoms with Crippen LogP contribution in [-0.2, 0) is 0 Å². The molecular formula is C17H23NO. The zero-order chi connectivity index (χ0) is 13.8. The van der Waals surface area contributed by atoms with Crippen molar-refractivity contribution in [3.8, 4) is 5.75 Å². The summed E-state index contributed by atoms with van der Waals surface area (Å²) in [5.41, 5.74) is 1.35. The quantitative estimate of drug-likeness (QED) is 0.868. The summed E-state index contributed by atoms with van der Waals surface area (Å²) in [6.45, 7) is 4.53. The third-order valence-electron chi connectivity index (χ3n) is 4.00. The monoisotopic (exact) mass is 257 g/mol. The molecule has 102 valence electrons. The van der Waals surface area contributed by atoms with Gasteiger partial charge in [-0.3, -0.25) is 0 Å². The Morgan fingerprint density at radius 3 is 2.37 bits per heavy atom. The van der Waals surface area contributed by atoms with Crippen LogP contribution in [0.2, 0.25) is 0 Å². The molecule has 0 amide bonds. The van der Waals surface area contributed by atoms with E-state index in [0.717, 1.165) is 12.2 Å². The van der Waals surface area contributed by atoms with Gasteiger partial charge in [-0.25, -0.2) is 0 Å². The number of ether oxygens (including phenoxy) is 1. The standard InChI is InChI=1S/C17H23NO/c1-5-12(2)17(18-3)15-10-11-16(19-4)14-9-7-6-8-13(14)15/h6-12,17-18H,5H2,1-4H3. The molecule has 0 aliphatic carbocycles. The zero-order valence-electron chi connectivity index (χ0n) is 12.2. The van der Waals surface area contributed by atoms with Crippen molar-refractivity contribution in [2.75, 3.05) is 14.2 Å². The molecule has 2 aromatic carbocycles. The number of hydrogen-bond acceptors (Lipinski definition) is 2. The highest BCUT2D eigenvalue weighted by Crippen LogP contribution is 2.34. The fourth-order valence-corrected chi connectivity index (χ4v) is 2.73. The normalized spacial score (nSPS) is 14.3. The molecule has 0 aromatic heterocycles. The fraction of sp³-hybridized carbons (Fsp3) is 0.412. The van der Waals surface area contributed by atoms with Crippen LogP contribution in [0.15, 0.2) is 36.4 Å². The molecule has 2 unspecified atom stereocenters. The van der Waals surface area contributed by atoms with E-state index in [1.165, 1.54) is 16.3 Å². The summed E-state index contributed by atoms with van der Waals surface area (Å²) in [6.07, 6.45) is 1.16. The SMILES string of the molecule is CCC(C)C(NC)c1ccc(OC)c2ccccc12. The summed E-state index contributed by atoms with van der Waals surface area (Å²) >= 11 is 0. The average molecular weight is 257 g/mol. The minimum atomic E-state index is 0.376. The lowest BCUT2D eigenvalue weighted by Crippen LogP contribution is -2.23. The summed E-state index contributed by atoms with van der Waals surface area (Å²) < 4.78 is 5.46. The van der Waals surface area contributed by atoms with E-state index >= 15 is 0 Å². The molecule has 0 fully saturated rings. The summed E-state index contributed by atoms with van der Waals surface area (Å²) in [5.74, 6) is 1.54. The van der Waals surface area contributed by atoms with Crippen molar-refractivity contribution in [1.82, 2.24) is 5.32 Å². The minimum Gasteiger partial charge on any atom is -0.496 e. The summed E-state index contributed by atoms with van der Waals surface area (Å²) in [7, 11) is 3.77. The Morgan fingerprint density at radius 2 is 1.79 bits per heavy atom. The molecular weight excluding hydrogens is 234 g/mol. The maximum atomic E-state index is 5.46. The molecule has 0 saturated carbocycles. The second kappa shape index (κ2) is 6.07. The molecule has 2 nitrogen and oxygen atoms in total.